The normalized spacial score (nSPS) is 25.4. The molecule has 1 N–H and O–H groups in total. The molecule has 1 fully saturated rings. The molecular weight excluding hydrogens is 323 g/mol. The van der Waals surface area contributed by atoms with E-state index in [1.807, 2.05) is 0 Å². The second kappa shape index (κ2) is 6.16. The van der Waals surface area contributed by atoms with Gasteiger partial charge >= 0.3 is 0 Å². The number of benzene rings is 1. The monoisotopic (exact) mass is 344 g/mol. The highest BCUT2D eigenvalue weighted by Crippen LogP contribution is 2.36. The zero-order valence-electron chi connectivity index (χ0n) is 10.6. The van der Waals surface area contributed by atoms with Gasteiger partial charge in [0.25, 0.3) is 0 Å². The van der Waals surface area contributed by atoms with E-state index in [2.05, 4.69) is 71.0 Å². The van der Waals surface area contributed by atoms with Crippen LogP contribution in [0.1, 0.15) is 24.9 Å². The SMILES string of the molecule is CCN1CCC(CNC)C1c1cccc(I)c1. The van der Waals surface area contributed by atoms with Crippen molar-refractivity contribution in [1.82, 2.24) is 10.2 Å². The Bertz CT molecular complexity index is 367. The molecule has 94 valence electrons. The quantitative estimate of drug-likeness (QED) is 0.845. The maximum Gasteiger partial charge on any atom is 0.0389 e. The molecule has 0 saturated carbocycles. The minimum atomic E-state index is 0.599. The largest absolute Gasteiger partial charge is 0.319 e. The molecule has 1 heterocycles. The van der Waals surface area contributed by atoms with E-state index in [0.29, 0.717) is 6.04 Å². The van der Waals surface area contributed by atoms with Crippen molar-refractivity contribution < 1.29 is 0 Å². The van der Waals surface area contributed by atoms with Gasteiger partial charge in [-0.2, -0.15) is 0 Å². The predicted molar refractivity (Wildman–Crippen MR) is 81.2 cm³/mol. The van der Waals surface area contributed by atoms with Crippen molar-refractivity contribution in [3.8, 4) is 0 Å². The number of hydrogen-bond acceptors (Lipinski definition) is 2. The topological polar surface area (TPSA) is 15.3 Å². The van der Waals surface area contributed by atoms with Crippen molar-refractivity contribution in [2.75, 3.05) is 26.7 Å². The highest BCUT2D eigenvalue weighted by Gasteiger charge is 2.33. The van der Waals surface area contributed by atoms with Gasteiger partial charge < -0.3 is 5.32 Å². The van der Waals surface area contributed by atoms with Crippen molar-refractivity contribution in [2.24, 2.45) is 5.92 Å². The van der Waals surface area contributed by atoms with Crippen LogP contribution >= 0.6 is 22.6 Å². The van der Waals surface area contributed by atoms with Gasteiger partial charge in [-0.15, -0.1) is 0 Å². The third kappa shape index (κ3) is 3.01. The van der Waals surface area contributed by atoms with Crippen LogP contribution < -0.4 is 5.32 Å². The number of rotatable bonds is 4. The van der Waals surface area contributed by atoms with Crippen LogP contribution in [0.3, 0.4) is 0 Å². The lowest BCUT2D eigenvalue weighted by Crippen LogP contribution is -2.29. The first-order valence-corrected chi connectivity index (χ1v) is 7.48. The minimum Gasteiger partial charge on any atom is -0.319 e. The first-order valence-electron chi connectivity index (χ1n) is 6.40. The Morgan fingerprint density at radius 2 is 2.29 bits per heavy atom. The van der Waals surface area contributed by atoms with E-state index in [1.54, 1.807) is 0 Å². The van der Waals surface area contributed by atoms with Gasteiger partial charge in [0.1, 0.15) is 0 Å². The Hall–Kier alpha value is -0.130. The Kier molecular flexibility index (Phi) is 4.82. The van der Waals surface area contributed by atoms with Crippen LogP contribution in [-0.4, -0.2) is 31.6 Å². The van der Waals surface area contributed by atoms with Crippen LogP contribution in [0.2, 0.25) is 0 Å². The fraction of sp³-hybridized carbons (Fsp3) is 0.571. The molecular formula is C14H21IN2. The molecule has 2 nitrogen and oxygen atoms in total. The molecule has 1 aromatic carbocycles. The third-order valence-corrected chi connectivity index (χ3v) is 4.36. The van der Waals surface area contributed by atoms with Gasteiger partial charge in [0.15, 0.2) is 0 Å². The molecule has 0 bridgehead atoms. The van der Waals surface area contributed by atoms with Gasteiger partial charge in [-0.05, 0) is 79.3 Å². The van der Waals surface area contributed by atoms with Gasteiger partial charge in [-0.3, -0.25) is 4.90 Å². The van der Waals surface area contributed by atoms with Crippen LogP contribution in [0.15, 0.2) is 24.3 Å². The maximum absolute atomic E-state index is 3.34. The molecule has 17 heavy (non-hydrogen) atoms. The number of nitrogens with one attached hydrogen (secondary N) is 1. The molecule has 0 aromatic heterocycles. The summed E-state index contributed by atoms with van der Waals surface area (Å²) in [5.41, 5.74) is 1.48. The second-order valence-corrected chi connectivity index (χ2v) is 5.98. The Morgan fingerprint density at radius 3 is 2.94 bits per heavy atom. The van der Waals surface area contributed by atoms with E-state index in [1.165, 1.54) is 22.1 Å². The van der Waals surface area contributed by atoms with E-state index < -0.39 is 0 Å². The van der Waals surface area contributed by atoms with E-state index in [4.69, 9.17) is 0 Å². The summed E-state index contributed by atoms with van der Waals surface area (Å²) in [6, 6.07) is 9.56. The highest BCUT2D eigenvalue weighted by atomic mass is 127. The lowest BCUT2D eigenvalue weighted by Gasteiger charge is -2.27. The summed E-state index contributed by atoms with van der Waals surface area (Å²) in [7, 11) is 2.06. The van der Waals surface area contributed by atoms with Crippen molar-refractivity contribution in [1.29, 1.82) is 0 Å². The third-order valence-electron chi connectivity index (χ3n) is 3.69. The number of nitrogens with zero attached hydrogens (tertiary/aromatic N) is 1. The van der Waals surface area contributed by atoms with Crippen LogP contribution in [0.4, 0.5) is 0 Å². The molecule has 3 heteroatoms. The first kappa shape index (κ1) is 13.3. The average Bonchev–Trinajstić information content (AvgIpc) is 2.72. The first-order chi connectivity index (χ1) is 8.26. The Balaban J connectivity index is 2.24. The molecule has 2 unspecified atom stereocenters. The fourth-order valence-corrected chi connectivity index (χ4v) is 3.50. The molecule has 1 aliphatic heterocycles. The standard InChI is InChI=1S/C14H21IN2/c1-3-17-8-7-12(10-16-2)14(17)11-5-4-6-13(15)9-11/h4-6,9,12,14,16H,3,7-8,10H2,1-2H3. The predicted octanol–water partition coefficient (Wildman–Crippen LogP) is 2.89. The van der Waals surface area contributed by atoms with Crippen LogP contribution in [0.25, 0.3) is 0 Å². The summed E-state index contributed by atoms with van der Waals surface area (Å²) in [4.78, 5) is 2.60. The molecule has 1 saturated heterocycles. The van der Waals surface area contributed by atoms with E-state index >= 15 is 0 Å². The summed E-state index contributed by atoms with van der Waals surface area (Å²) in [6.07, 6.45) is 1.31. The lowest BCUT2D eigenvalue weighted by molar-refractivity contribution is 0.238. The summed E-state index contributed by atoms with van der Waals surface area (Å²) < 4.78 is 1.34. The molecule has 0 aliphatic carbocycles. The van der Waals surface area contributed by atoms with Crippen molar-refractivity contribution >= 4 is 22.6 Å². The van der Waals surface area contributed by atoms with Crippen molar-refractivity contribution in [2.45, 2.75) is 19.4 Å². The Labute approximate surface area is 118 Å². The number of hydrogen-bond donors (Lipinski definition) is 1. The van der Waals surface area contributed by atoms with Crippen LogP contribution in [-0.2, 0) is 0 Å². The minimum absolute atomic E-state index is 0.599. The summed E-state index contributed by atoms with van der Waals surface area (Å²) in [5.74, 6) is 0.748. The van der Waals surface area contributed by atoms with Crippen molar-refractivity contribution in [3.63, 3.8) is 0 Å². The summed E-state index contributed by atoms with van der Waals surface area (Å²) >= 11 is 2.41. The number of halogens is 1. The molecule has 1 aliphatic rings. The van der Waals surface area contributed by atoms with E-state index in [9.17, 15) is 0 Å². The summed E-state index contributed by atoms with van der Waals surface area (Å²) in [6.45, 7) is 5.77. The van der Waals surface area contributed by atoms with Gasteiger partial charge in [-0.1, -0.05) is 19.1 Å². The molecule has 1 aromatic rings. The number of likely N-dealkylation sites (tertiary alicyclic amines) is 1. The highest BCUT2D eigenvalue weighted by molar-refractivity contribution is 14.1. The molecule has 0 radical (unpaired) electrons. The zero-order chi connectivity index (χ0) is 12.3. The molecule has 0 amide bonds. The smallest absolute Gasteiger partial charge is 0.0389 e. The lowest BCUT2D eigenvalue weighted by atomic mass is 9.93. The van der Waals surface area contributed by atoms with Gasteiger partial charge in [0, 0.05) is 9.61 Å². The van der Waals surface area contributed by atoms with E-state index in [-0.39, 0.29) is 0 Å². The zero-order valence-corrected chi connectivity index (χ0v) is 12.8. The maximum atomic E-state index is 3.34. The Morgan fingerprint density at radius 1 is 1.47 bits per heavy atom. The van der Waals surface area contributed by atoms with Gasteiger partial charge in [0.05, 0.1) is 0 Å². The second-order valence-electron chi connectivity index (χ2n) is 4.73. The van der Waals surface area contributed by atoms with Gasteiger partial charge in [-0.25, -0.2) is 0 Å². The van der Waals surface area contributed by atoms with Crippen molar-refractivity contribution in [3.05, 3.63) is 33.4 Å². The average molecular weight is 344 g/mol. The van der Waals surface area contributed by atoms with Crippen LogP contribution in [0.5, 0.6) is 0 Å². The van der Waals surface area contributed by atoms with E-state index in [0.717, 1.165) is 19.0 Å². The molecule has 2 rings (SSSR count). The van der Waals surface area contributed by atoms with Gasteiger partial charge in [0.2, 0.25) is 0 Å². The fourth-order valence-electron chi connectivity index (χ4n) is 2.93. The van der Waals surface area contributed by atoms with Crippen LogP contribution in [0, 0.1) is 9.49 Å². The molecule has 2 atom stereocenters. The molecule has 0 spiro atoms. The summed E-state index contributed by atoms with van der Waals surface area (Å²) in [5, 5.41) is 3.34.